The molecule has 110 valence electrons. The molecule has 1 aliphatic heterocycles. The van der Waals surface area contributed by atoms with E-state index in [9.17, 15) is 4.79 Å². The molecule has 1 aliphatic rings. The second kappa shape index (κ2) is 8.55. The van der Waals surface area contributed by atoms with Gasteiger partial charge in [-0.25, -0.2) is 4.79 Å². The Morgan fingerprint density at radius 2 is 2.20 bits per heavy atom. The molecular formula is C15H22N2O3. The van der Waals surface area contributed by atoms with E-state index < -0.39 is 6.09 Å². The smallest absolute Gasteiger partial charge is 0.407 e. The number of hydrogen-bond acceptors (Lipinski definition) is 4. The van der Waals surface area contributed by atoms with E-state index in [1.807, 2.05) is 30.3 Å². The number of nitrogens with one attached hydrogen (secondary N) is 2. The van der Waals surface area contributed by atoms with Crippen LogP contribution in [0, 0.1) is 0 Å². The quantitative estimate of drug-likeness (QED) is 0.777. The summed E-state index contributed by atoms with van der Waals surface area (Å²) < 4.78 is 10.8. The first-order valence-electron chi connectivity index (χ1n) is 7.11. The van der Waals surface area contributed by atoms with E-state index in [0.29, 0.717) is 19.8 Å². The summed E-state index contributed by atoms with van der Waals surface area (Å²) in [5.74, 6) is 0. The first-order valence-corrected chi connectivity index (χ1v) is 7.11. The van der Waals surface area contributed by atoms with Gasteiger partial charge < -0.3 is 20.1 Å². The third kappa shape index (κ3) is 5.59. The van der Waals surface area contributed by atoms with Crippen LogP contribution in [-0.4, -0.2) is 38.4 Å². The maximum atomic E-state index is 11.5. The zero-order chi connectivity index (χ0) is 14.0. The molecule has 0 unspecified atom stereocenters. The van der Waals surface area contributed by atoms with Crippen molar-refractivity contribution >= 4 is 6.09 Å². The van der Waals surface area contributed by atoms with Gasteiger partial charge in [-0.05, 0) is 24.9 Å². The van der Waals surface area contributed by atoms with Crippen molar-refractivity contribution in [1.82, 2.24) is 10.6 Å². The molecule has 5 heteroatoms. The van der Waals surface area contributed by atoms with Gasteiger partial charge >= 0.3 is 6.09 Å². The van der Waals surface area contributed by atoms with Gasteiger partial charge in [-0.3, -0.25) is 0 Å². The fraction of sp³-hybridized carbons (Fsp3) is 0.533. The van der Waals surface area contributed by atoms with Gasteiger partial charge in [-0.2, -0.15) is 0 Å². The molecule has 0 radical (unpaired) electrons. The third-order valence-electron chi connectivity index (χ3n) is 3.19. The fourth-order valence-corrected chi connectivity index (χ4v) is 2.11. The number of ether oxygens (including phenoxy) is 2. The second-order valence-electron chi connectivity index (χ2n) is 4.83. The molecule has 0 aromatic heterocycles. The van der Waals surface area contributed by atoms with Crippen molar-refractivity contribution in [2.75, 3.05) is 26.2 Å². The van der Waals surface area contributed by atoms with E-state index in [1.165, 1.54) is 0 Å². The summed E-state index contributed by atoms with van der Waals surface area (Å²) in [4.78, 5) is 11.5. The number of carbonyl (C=O) groups is 1. The zero-order valence-corrected chi connectivity index (χ0v) is 11.6. The highest BCUT2D eigenvalue weighted by molar-refractivity contribution is 5.67. The Labute approximate surface area is 119 Å². The second-order valence-corrected chi connectivity index (χ2v) is 4.83. The first kappa shape index (κ1) is 14.8. The molecule has 1 fully saturated rings. The number of benzene rings is 1. The Hall–Kier alpha value is -1.59. The lowest BCUT2D eigenvalue weighted by Crippen LogP contribution is -2.37. The molecule has 2 N–H and O–H groups in total. The SMILES string of the molecule is O=C(NCCO[C@H]1CCCNC1)OCc1ccccc1. The van der Waals surface area contributed by atoms with Crippen LogP contribution in [-0.2, 0) is 16.1 Å². The third-order valence-corrected chi connectivity index (χ3v) is 3.19. The predicted molar refractivity (Wildman–Crippen MR) is 76.5 cm³/mol. The Morgan fingerprint density at radius 3 is 2.95 bits per heavy atom. The lowest BCUT2D eigenvalue weighted by atomic mass is 10.1. The van der Waals surface area contributed by atoms with Gasteiger partial charge in [0.1, 0.15) is 6.61 Å². The molecule has 1 atom stereocenters. The number of alkyl carbamates (subject to hydrolysis) is 1. The van der Waals surface area contributed by atoms with Crippen LogP contribution in [0.5, 0.6) is 0 Å². The average Bonchev–Trinajstić information content (AvgIpc) is 2.52. The highest BCUT2D eigenvalue weighted by atomic mass is 16.5. The van der Waals surface area contributed by atoms with Gasteiger partial charge in [-0.15, -0.1) is 0 Å². The van der Waals surface area contributed by atoms with Crippen molar-refractivity contribution in [3.63, 3.8) is 0 Å². The Balaban J connectivity index is 1.51. The van der Waals surface area contributed by atoms with Gasteiger partial charge in [0.05, 0.1) is 12.7 Å². The van der Waals surface area contributed by atoms with Crippen LogP contribution in [0.2, 0.25) is 0 Å². The standard InChI is InChI=1S/C15H22N2O3/c18-15(20-12-13-5-2-1-3-6-13)17-9-10-19-14-7-4-8-16-11-14/h1-3,5-6,14,16H,4,7-12H2,(H,17,18)/t14-/m0/s1. The van der Waals surface area contributed by atoms with Gasteiger partial charge in [-0.1, -0.05) is 30.3 Å². The molecule has 2 rings (SSSR count). The lowest BCUT2D eigenvalue weighted by molar-refractivity contribution is 0.0380. The Kier molecular flexibility index (Phi) is 6.34. The summed E-state index contributed by atoms with van der Waals surface area (Å²) in [7, 11) is 0. The van der Waals surface area contributed by atoms with Crippen molar-refractivity contribution in [3.8, 4) is 0 Å². The van der Waals surface area contributed by atoms with Crippen molar-refractivity contribution in [2.24, 2.45) is 0 Å². The number of carbonyl (C=O) groups excluding carboxylic acids is 1. The summed E-state index contributed by atoms with van der Waals surface area (Å²) in [5.41, 5.74) is 0.979. The largest absolute Gasteiger partial charge is 0.445 e. The van der Waals surface area contributed by atoms with Crippen LogP contribution < -0.4 is 10.6 Å². The fourth-order valence-electron chi connectivity index (χ4n) is 2.11. The van der Waals surface area contributed by atoms with Gasteiger partial charge in [0.15, 0.2) is 0 Å². The molecule has 0 bridgehead atoms. The van der Waals surface area contributed by atoms with E-state index in [4.69, 9.17) is 9.47 Å². The molecule has 1 amide bonds. The van der Waals surface area contributed by atoms with E-state index in [1.54, 1.807) is 0 Å². The normalized spacial score (nSPS) is 18.5. The number of hydrogen-bond donors (Lipinski definition) is 2. The van der Waals surface area contributed by atoms with Gasteiger partial charge in [0.25, 0.3) is 0 Å². The van der Waals surface area contributed by atoms with Crippen molar-refractivity contribution in [3.05, 3.63) is 35.9 Å². The van der Waals surface area contributed by atoms with Crippen LogP contribution in [0.1, 0.15) is 18.4 Å². The molecular weight excluding hydrogens is 256 g/mol. The Morgan fingerprint density at radius 1 is 1.35 bits per heavy atom. The van der Waals surface area contributed by atoms with Gasteiger partial charge in [0.2, 0.25) is 0 Å². The number of amides is 1. The summed E-state index contributed by atoms with van der Waals surface area (Å²) in [5, 5.41) is 5.97. The zero-order valence-electron chi connectivity index (χ0n) is 11.6. The highest BCUT2D eigenvalue weighted by Gasteiger charge is 2.12. The maximum absolute atomic E-state index is 11.5. The van der Waals surface area contributed by atoms with Crippen LogP contribution in [0.25, 0.3) is 0 Å². The van der Waals surface area contributed by atoms with Crippen LogP contribution in [0.15, 0.2) is 30.3 Å². The predicted octanol–water partition coefficient (Wildman–Crippen LogP) is 1.68. The van der Waals surface area contributed by atoms with E-state index >= 15 is 0 Å². The monoisotopic (exact) mass is 278 g/mol. The van der Waals surface area contributed by atoms with Crippen molar-refractivity contribution in [1.29, 1.82) is 0 Å². The molecule has 1 heterocycles. The first-order chi connectivity index (χ1) is 9.84. The molecule has 1 saturated heterocycles. The van der Waals surface area contributed by atoms with E-state index in [0.717, 1.165) is 31.5 Å². The summed E-state index contributed by atoms with van der Waals surface area (Å²) in [6, 6.07) is 9.62. The minimum atomic E-state index is -0.403. The minimum absolute atomic E-state index is 0.269. The molecule has 5 nitrogen and oxygen atoms in total. The van der Waals surface area contributed by atoms with Crippen LogP contribution >= 0.6 is 0 Å². The molecule has 0 aliphatic carbocycles. The topological polar surface area (TPSA) is 59.6 Å². The number of rotatable bonds is 6. The molecule has 20 heavy (non-hydrogen) atoms. The summed E-state index contributed by atoms with van der Waals surface area (Å²) in [6.45, 7) is 3.26. The Bertz CT molecular complexity index is 391. The highest BCUT2D eigenvalue weighted by Crippen LogP contribution is 2.05. The number of piperidine rings is 1. The van der Waals surface area contributed by atoms with E-state index in [-0.39, 0.29) is 6.10 Å². The van der Waals surface area contributed by atoms with E-state index in [2.05, 4.69) is 10.6 Å². The molecule has 0 spiro atoms. The lowest BCUT2D eigenvalue weighted by Gasteiger charge is -2.23. The summed E-state index contributed by atoms with van der Waals surface area (Å²) in [6.07, 6.45) is 2.10. The van der Waals surface area contributed by atoms with Crippen molar-refractivity contribution < 1.29 is 14.3 Å². The van der Waals surface area contributed by atoms with Crippen LogP contribution in [0.4, 0.5) is 4.79 Å². The minimum Gasteiger partial charge on any atom is -0.445 e. The summed E-state index contributed by atoms with van der Waals surface area (Å²) >= 11 is 0. The van der Waals surface area contributed by atoms with Crippen LogP contribution in [0.3, 0.4) is 0 Å². The van der Waals surface area contributed by atoms with Gasteiger partial charge in [0, 0.05) is 13.1 Å². The van der Waals surface area contributed by atoms with Crippen molar-refractivity contribution in [2.45, 2.75) is 25.6 Å². The maximum Gasteiger partial charge on any atom is 0.407 e. The molecule has 1 aromatic rings. The molecule has 1 aromatic carbocycles. The average molecular weight is 278 g/mol. The molecule has 0 saturated carbocycles.